The molecular formula is C59H113NO5. The molecule has 384 valence electrons. The summed E-state index contributed by atoms with van der Waals surface area (Å²) in [6.45, 7) is 6.50. The van der Waals surface area contributed by atoms with E-state index in [9.17, 15) is 19.8 Å². The molecule has 0 radical (unpaired) electrons. The zero-order chi connectivity index (χ0) is 47.4. The summed E-state index contributed by atoms with van der Waals surface area (Å²) in [5, 5.41) is 23.9. The van der Waals surface area contributed by atoms with Gasteiger partial charge in [0.25, 0.3) is 0 Å². The Morgan fingerprint density at radius 1 is 0.446 bits per heavy atom. The van der Waals surface area contributed by atoms with E-state index < -0.39 is 18.2 Å². The van der Waals surface area contributed by atoms with Crippen molar-refractivity contribution in [2.75, 3.05) is 6.61 Å². The molecule has 0 bridgehead atoms. The number of carbonyl (C=O) groups is 2. The number of esters is 1. The fraction of sp³-hybridized carbons (Fsp3) is 0.898. The zero-order valence-corrected chi connectivity index (χ0v) is 43.9. The highest BCUT2D eigenvalue weighted by Crippen LogP contribution is 2.19. The van der Waals surface area contributed by atoms with Crippen LogP contribution in [0, 0.1) is 0 Å². The van der Waals surface area contributed by atoms with Gasteiger partial charge in [0, 0.05) is 6.42 Å². The first-order valence-electron chi connectivity index (χ1n) is 29.1. The van der Waals surface area contributed by atoms with E-state index in [-0.39, 0.29) is 24.9 Å². The molecule has 0 aromatic carbocycles. The summed E-state index contributed by atoms with van der Waals surface area (Å²) < 4.78 is 5.96. The lowest BCUT2D eigenvalue weighted by atomic mass is 10.0. The Kier molecular flexibility index (Phi) is 51.9. The van der Waals surface area contributed by atoms with Crippen molar-refractivity contribution in [2.24, 2.45) is 0 Å². The van der Waals surface area contributed by atoms with Crippen LogP contribution in [0.5, 0.6) is 0 Å². The summed E-state index contributed by atoms with van der Waals surface area (Å²) >= 11 is 0. The highest BCUT2D eigenvalue weighted by atomic mass is 16.5. The van der Waals surface area contributed by atoms with E-state index in [4.69, 9.17) is 4.74 Å². The predicted octanol–water partition coefficient (Wildman–Crippen LogP) is 17.9. The van der Waals surface area contributed by atoms with Crippen molar-refractivity contribution in [3.8, 4) is 0 Å². The standard InChI is InChI=1S/C59H113NO5/c1-4-7-10-13-16-19-22-25-27-29-31-34-37-40-43-46-49-52-59(64)65-55(50-47-44-41-38-35-32-24-21-18-15-12-9-6-3)53-58(63)60-56(54-61)57(62)51-48-45-42-39-36-33-30-28-26-23-20-17-14-11-8-5-2/h16,19,25,27,55-57,61-62H,4-15,17-18,20-24,26,28-54H2,1-3H3,(H,60,63)/b19-16-,27-25-. The Bertz CT molecular complexity index is 1030. The maximum atomic E-state index is 13.3. The van der Waals surface area contributed by atoms with E-state index >= 15 is 0 Å². The Morgan fingerprint density at radius 3 is 1.20 bits per heavy atom. The number of carbonyl (C=O) groups excluding carboxylic acids is 2. The van der Waals surface area contributed by atoms with Gasteiger partial charge in [-0.25, -0.2) is 0 Å². The van der Waals surface area contributed by atoms with Crippen molar-refractivity contribution in [3.05, 3.63) is 24.3 Å². The number of aliphatic hydroxyl groups excluding tert-OH is 2. The van der Waals surface area contributed by atoms with E-state index in [0.717, 1.165) is 57.8 Å². The van der Waals surface area contributed by atoms with E-state index in [2.05, 4.69) is 50.4 Å². The van der Waals surface area contributed by atoms with Gasteiger partial charge in [-0.1, -0.05) is 270 Å². The third kappa shape index (κ3) is 48.6. The minimum Gasteiger partial charge on any atom is -0.462 e. The van der Waals surface area contributed by atoms with E-state index in [0.29, 0.717) is 19.3 Å². The minimum atomic E-state index is -0.785. The normalized spacial score (nSPS) is 13.2. The third-order valence-electron chi connectivity index (χ3n) is 13.5. The fourth-order valence-corrected chi connectivity index (χ4v) is 9.11. The van der Waals surface area contributed by atoms with Gasteiger partial charge in [0.05, 0.1) is 25.2 Å². The molecule has 3 unspecified atom stereocenters. The molecule has 6 heteroatoms. The van der Waals surface area contributed by atoms with E-state index in [1.165, 1.54) is 212 Å². The van der Waals surface area contributed by atoms with Crippen LogP contribution in [0.4, 0.5) is 0 Å². The summed E-state index contributed by atoms with van der Waals surface area (Å²) in [6, 6.07) is -0.699. The summed E-state index contributed by atoms with van der Waals surface area (Å²) in [5.74, 6) is -0.463. The lowest BCUT2D eigenvalue weighted by Crippen LogP contribution is -2.46. The van der Waals surface area contributed by atoms with Gasteiger partial charge in [-0.2, -0.15) is 0 Å². The number of allylic oxidation sites excluding steroid dienone is 4. The first-order chi connectivity index (χ1) is 32.0. The van der Waals surface area contributed by atoms with Crippen LogP contribution in [-0.4, -0.2) is 46.9 Å². The second-order valence-electron chi connectivity index (χ2n) is 20.1. The van der Waals surface area contributed by atoms with Gasteiger partial charge >= 0.3 is 5.97 Å². The molecular weight excluding hydrogens is 803 g/mol. The summed E-state index contributed by atoms with van der Waals surface area (Å²) in [4.78, 5) is 26.3. The van der Waals surface area contributed by atoms with Crippen molar-refractivity contribution in [3.63, 3.8) is 0 Å². The van der Waals surface area contributed by atoms with Crippen molar-refractivity contribution in [2.45, 2.75) is 334 Å². The van der Waals surface area contributed by atoms with Crippen LogP contribution >= 0.6 is 0 Å². The number of amides is 1. The highest BCUT2D eigenvalue weighted by molar-refractivity contribution is 5.77. The molecule has 0 saturated carbocycles. The summed E-state index contributed by atoms with van der Waals surface area (Å²) in [6.07, 6.45) is 62.4. The van der Waals surface area contributed by atoms with Gasteiger partial charge in [0.2, 0.25) is 5.91 Å². The van der Waals surface area contributed by atoms with E-state index in [1.54, 1.807) is 0 Å². The molecule has 0 aromatic rings. The van der Waals surface area contributed by atoms with Crippen molar-refractivity contribution in [1.82, 2.24) is 5.32 Å². The minimum absolute atomic E-state index is 0.0806. The first-order valence-corrected chi connectivity index (χ1v) is 29.1. The molecule has 0 aliphatic rings. The van der Waals surface area contributed by atoms with Gasteiger partial charge in [0.15, 0.2) is 0 Å². The van der Waals surface area contributed by atoms with Crippen LogP contribution in [-0.2, 0) is 14.3 Å². The first kappa shape index (κ1) is 63.3. The van der Waals surface area contributed by atoms with Gasteiger partial charge in [-0.05, 0) is 57.8 Å². The topological polar surface area (TPSA) is 95.9 Å². The maximum Gasteiger partial charge on any atom is 0.306 e. The number of hydrogen-bond acceptors (Lipinski definition) is 5. The Labute approximate surface area is 405 Å². The van der Waals surface area contributed by atoms with Crippen molar-refractivity contribution < 1.29 is 24.5 Å². The average Bonchev–Trinajstić information content (AvgIpc) is 3.30. The molecule has 0 aromatic heterocycles. The maximum absolute atomic E-state index is 13.3. The molecule has 3 N–H and O–H groups in total. The SMILES string of the molecule is CCCCC/C=C\C/C=C\CCCCCCCCCC(=O)OC(CCCCCCCCCCCCCCC)CC(=O)NC(CO)C(O)CCCCCCCCCCCCCCCCCC. The largest absolute Gasteiger partial charge is 0.462 e. The Hall–Kier alpha value is -1.66. The number of ether oxygens (including phenoxy) is 1. The molecule has 0 aliphatic carbocycles. The van der Waals surface area contributed by atoms with Crippen LogP contribution in [0.2, 0.25) is 0 Å². The lowest BCUT2D eigenvalue weighted by molar-refractivity contribution is -0.151. The summed E-state index contributed by atoms with van der Waals surface area (Å²) in [5.41, 5.74) is 0. The average molecular weight is 917 g/mol. The van der Waals surface area contributed by atoms with Crippen molar-refractivity contribution >= 4 is 11.9 Å². The molecule has 0 fully saturated rings. The lowest BCUT2D eigenvalue weighted by Gasteiger charge is -2.24. The zero-order valence-electron chi connectivity index (χ0n) is 43.9. The van der Waals surface area contributed by atoms with Gasteiger partial charge in [-0.3, -0.25) is 9.59 Å². The highest BCUT2D eigenvalue weighted by Gasteiger charge is 2.24. The molecule has 3 atom stereocenters. The van der Waals surface area contributed by atoms with Gasteiger partial charge in [0.1, 0.15) is 6.10 Å². The molecule has 6 nitrogen and oxygen atoms in total. The van der Waals surface area contributed by atoms with Gasteiger partial charge in [-0.15, -0.1) is 0 Å². The van der Waals surface area contributed by atoms with Crippen LogP contribution in [0.3, 0.4) is 0 Å². The third-order valence-corrected chi connectivity index (χ3v) is 13.5. The van der Waals surface area contributed by atoms with E-state index in [1.807, 2.05) is 0 Å². The number of hydrogen-bond donors (Lipinski definition) is 3. The molecule has 0 aliphatic heterocycles. The second-order valence-corrected chi connectivity index (χ2v) is 20.1. The number of nitrogens with one attached hydrogen (secondary N) is 1. The molecule has 0 heterocycles. The smallest absolute Gasteiger partial charge is 0.306 e. The number of rotatable bonds is 53. The quantitative estimate of drug-likeness (QED) is 0.0321. The molecule has 1 amide bonds. The number of unbranched alkanes of at least 4 members (excludes halogenated alkanes) is 37. The fourth-order valence-electron chi connectivity index (χ4n) is 9.11. The van der Waals surface area contributed by atoms with Crippen LogP contribution in [0.25, 0.3) is 0 Å². The Balaban J connectivity index is 4.49. The monoisotopic (exact) mass is 916 g/mol. The van der Waals surface area contributed by atoms with Gasteiger partial charge < -0.3 is 20.3 Å². The molecule has 0 spiro atoms. The molecule has 0 saturated heterocycles. The van der Waals surface area contributed by atoms with Crippen LogP contribution in [0.1, 0.15) is 316 Å². The molecule has 0 rings (SSSR count). The molecule has 65 heavy (non-hydrogen) atoms. The second kappa shape index (κ2) is 53.3. The van der Waals surface area contributed by atoms with Crippen molar-refractivity contribution in [1.29, 1.82) is 0 Å². The Morgan fingerprint density at radius 2 is 0.785 bits per heavy atom. The summed E-state index contributed by atoms with van der Waals surface area (Å²) in [7, 11) is 0. The van der Waals surface area contributed by atoms with Crippen LogP contribution < -0.4 is 5.32 Å². The number of aliphatic hydroxyl groups is 2. The predicted molar refractivity (Wildman–Crippen MR) is 283 cm³/mol. The van der Waals surface area contributed by atoms with Crippen LogP contribution in [0.15, 0.2) is 24.3 Å².